The van der Waals surface area contributed by atoms with Crippen LogP contribution in [0.1, 0.15) is 37.7 Å². The smallest absolute Gasteiger partial charge is 0.191 e. The van der Waals surface area contributed by atoms with Gasteiger partial charge < -0.3 is 25.0 Å². The summed E-state index contributed by atoms with van der Waals surface area (Å²) in [5.41, 5.74) is 1.05. The lowest BCUT2D eigenvalue weighted by atomic mass is 9.73. The number of nitrogens with one attached hydrogen (secondary N) is 2. The molecule has 6 nitrogen and oxygen atoms in total. The molecule has 1 aromatic rings. The Labute approximate surface area is 203 Å². The van der Waals surface area contributed by atoms with Gasteiger partial charge in [0.1, 0.15) is 5.75 Å². The van der Waals surface area contributed by atoms with Crippen LogP contribution in [0.15, 0.2) is 23.2 Å². The van der Waals surface area contributed by atoms with Crippen LogP contribution in [0, 0.1) is 0 Å². The van der Waals surface area contributed by atoms with Crippen molar-refractivity contribution in [3.63, 3.8) is 0 Å². The third kappa shape index (κ3) is 6.87. The average molecular weight is 551 g/mol. The van der Waals surface area contributed by atoms with E-state index in [4.69, 9.17) is 21.1 Å². The molecular weight excluding hydrogens is 515 g/mol. The van der Waals surface area contributed by atoms with Gasteiger partial charge in [0.25, 0.3) is 0 Å². The Balaban J connectivity index is 0.00000320. The van der Waals surface area contributed by atoms with Crippen LogP contribution < -0.4 is 15.4 Å². The van der Waals surface area contributed by atoms with Crippen molar-refractivity contribution in [2.75, 3.05) is 60.1 Å². The molecule has 0 radical (unpaired) electrons. The number of halogens is 2. The summed E-state index contributed by atoms with van der Waals surface area (Å²) in [5, 5.41) is 7.76. The molecule has 0 aliphatic carbocycles. The topological polar surface area (TPSA) is 58.1 Å². The Kier molecular flexibility index (Phi) is 11.0. The maximum atomic E-state index is 6.34. The van der Waals surface area contributed by atoms with Crippen LogP contribution in [0.2, 0.25) is 5.02 Å². The van der Waals surface area contributed by atoms with Gasteiger partial charge in [-0.2, -0.15) is 0 Å². The second-order valence-corrected chi connectivity index (χ2v) is 8.43. The number of hydrogen-bond acceptors (Lipinski definition) is 4. The first-order chi connectivity index (χ1) is 14.2. The van der Waals surface area contributed by atoms with Crippen molar-refractivity contribution in [1.82, 2.24) is 15.5 Å². The van der Waals surface area contributed by atoms with Crippen LogP contribution in [0.25, 0.3) is 0 Å². The maximum absolute atomic E-state index is 6.34. The summed E-state index contributed by atoms with van der Waals surface area (Å²) >= 11 is 6.34. The van der Waals surface area contributed by atoms with Crippen LogP contribution in [0.3, 0.4) is 0 Å². The second kappa shape index (κ2) is 12.9. The number of methoxy groups -OCH3 is 1. The van der Waals surface area contributed by atoms with Crippen LogP contribution in [-0.2, 0) is 10.2 Å². The van der Waals surface area contributed by atoms with Crippen LogP contribution in [0.4, 0.5) is 0 Å². The largest absolute Gasteiger partial charge is 0.496 e. The molecule has 2 fully saturated rings. The standard InChI is InChI=1S/C22H35ClN4O2.HI/c1-24-21(25-10-13-27-11-4-3-5-12-27)26-17-22(8-14-29-15-9-22)19-16-18(23)6-7-20(19)28-2;/h6-7,16H,3-5,8-15,17H2,1-2H3,(H2,24,25,26);1H. The molecule has 0 unspecified atom stereocenters. The molecule has 0 aromatic heterocycles. The van der Waals surface area contributed by atoms with Gasteiger partial charge in [-0.3, -0.25) is 4.99 Å². The Bertz CT molecular complexity index is 677. The number of guanidine groups is 1. The van der Waals surface area contributed by atoms with E-state index in [9.17, 15) is 0 Å². The van der Waals surface area contributed by atoms with E-state index in [-0.39, 0.29) is 29.4 Å². The van der Waals surface area contributed by atoms with Crippen molar-refractivity contribution in [3.05, 3.63) is 28.8 Å². The summed E-state index contributed by atoms with van der Waals surface area (Å²) in [7, 11) is 3.54. The molecular formula is C22H36ClIN4O2. The van der Waals surface area contributed by atoms with Crippen LogP contribution >= 0.6 is 35.6 Å². The fourth-order valence-electron chi connectivity index (χ4n) is 4.39. The highest BCUT2D eigenvalue weighted by atomic mass is 127. The van der Waals surface area contributed by atoms with Gasteiger partial charge >= 0.3 is 0 Å². The lowest BCUT2D eigenvalue weighted by Gasteiger charge is -2.39. The van der Waals surface area contributed by atoms with Crippen molar-refractivity contribution in [1.29, 1.82) is 0 Å². The van der Waals surface area contributed by atoms with Crippen LogP contribution in [0.5, 0.6) is 5.75 Å². The number of rotatable bonds is 7. The fraction of sp³-hybridized carbons (Fsp3) is 0.682. The molecule has 2 N–H and O–H groups in total. The molecule has 3 rings (SSSR count). The molecule has 8 heteroatoms. The Morgan fingerprint density at radius 2 is 1.93 bits per heavy atom. The summed E-state index contributed by atoms with van der Waals surface area (Å²) in [6, 6.07) is 5.88. The minimum atomic E-state index is -0.0982. The monoisotopic (exact) mass is 550 g/mol. The van der Waals surface area contributed by atoms with Gasteiger partial charge in [0.15, 0.2) is 5.96 Å². The molecule has 2 aliphatic rings. The minimum absolute atomic E-state index is 0. The Morgan fingerprint density at radius 1 is 1.20 bits per heavy atom. The minimum Gasteiger partial charge on any atom is -0.496 e. The number of nitrogens with zero attached hydrogens (tertiary/aromatic N) is 2. The fourth-order valence-corrected chi connectivity index (χ4v) is 4.56. The zero-order valence-electron chi connectivity index (χ0n) is 18.2. The highest BCUT2D eigenvalue weighted by Crippen LogP contribution is 2.40. The van der Waals surface area contributed by atoms with Crippen molar-refractivity contribution in [3.8, 4) is 5.75 Å². The summed E-state index contributed by atoms with van der Waals surface area (Å²) < 4.78 is 11.3. The SMILES string of the molecule is CN=C(NCCN1CCCCC1)NCC1(c2cc(Cl)ccc2OC)CCOCC1.I. The van der Waals surface area contributed by atoms with E-state index in [0.29, 0.717) is 0 Å². The van der Waals surface area contributed by atoms with Gasteiger partial charge in [0.05, 0.1) is 7.11 Å². The van der Waals surface area contributed by atoms with E-state index in [1.165, 1.54) is 32.4 Å². The quantitative estimate of drug-likeness (QED) is 0.308. The maximum Gasteiger partial charge on any atom is 0.191 e. The summed E-state index contributed by atoms with van der Waals surface area (Å²) in [4.78, 5) is 6.96. The molecule has 0 bridgehead atoms. The average Bonchev–Trinajstić information content (AvgIpc) is 2.77. The Morgan fingerprint density at radius 3 is 2.60 bits per heavy atom. The molecule has 2 heterocycles. The van der Waals surface area contributed by atoms with Gasteiger partial charge in [-0.25, -0.2) is 0 Å². The molecule has 0 spiro atoms. The molecule has 2 saturated heterocycles. The summed E-state index contributed by atoms with van der Waals surface area (Å²) in [6.45, 7) is 6.61. The number of likely N-dealkylation sites (tertiary alicyclic amines) is 1. The van der Waals surface area contributed by atoms with Gasteiger partial charge in [-0.05, 0) is 57.0 Å². The third-order valence-electron chi connectivity index (χ3n) is 6.17. The molecule has 2 aliphatic heterocycles. The zero-order valence-corrected chi connectivity index (χ0v) is 21.3. The number of ether oxygens (including phenoxy) is 2. The van der Waals surface area contributed by atoms with E-state index in [1.54, 1.807) is 7.11 Å². The van der Waals surface area contributed by atoms with Gasteiger partial charge in [0, 0.05) is 55.9 Å². The van der Waals surface area contributed by atoms with E-state index in [2.05, 4.69) is 20.5 Å². The first kappa shape index (κ1) is 25.5. The number of hydrogen-bond donors (Lipinski definition) is 2. The summed E-state index contributed by atoms with van der Waals surface area (Å²) in [6.07, 6.45) is 5.84. The molecule has 0 amide bonds. The number of benzene rings is 1. The predicted molar refractivity (Wildman–Crippen MR) is 135 cm³/mol. The number of aliphatic imine (C=N–C) groups is 1. The van der Waals surface area contributed by atoms with Gasteiger partial charge in [0.2, 0.25) is 0 Å². The molecule has 170 valence electrons. The third-order valence-corrected chi connectivity index (χ3v) is 6.40. The normalized spacial score (nSPS) is 19.6. The first-order valence-corrected chi connectivity index (χ1v) is 11.1. The van der Waals surface area contributed by atoms with Gasteiger partial charge in [-0.1, -0.05) is 18.0 Å². The van der Waals surface area contributed by atoms with E-state index in [1.807, 2.05) is 25.2 Å². The van der Waals surface area contributed by atoms with Crippen molar-refractivity contribution in [2.45, 2.75) is 37.5 Å². The lowest BCUT2D eigenvalue weighted by Crippen LogP contribution is -2.49. The molecule has 1 aromatic carbocycles. The molecule has 0 saturated carbocycles. The Hall–Kier alpha value is -0.770. The molecule has 0 atom stereocenters. The first-order valence-electron chi connectivity index (χ1n) is 10.8. The highest BCUT2D eigenvalue weighted by Gasteiger charge is 2.37. The van der Waals surface area contributed by atoms with Crippen LogP contribution in [-0.4, -0.2) is 71.0 Å². The second-order valence-electron chi connectivity index (χ2n) is 7.99. The summed E-state index contributed by atoms with van der Waals surface area (Å²) in [5.74, 6) is 1.72. The van der Waals surface area contributed by atoms with E-state index in [0.717, 1.165) is 68.0 Å². The van der Waals surface area contributed by atoms with Crippen molar-refractivity contribution >= 4 is 41.5 Å². The van der Waals surface area contributed by atoms with E-state index < -0.39 is 0 Å². The number of piperidine rings is 1. The molecule has 30 heavy (non-hydrogen) atoms. The van der Waals surface area contributed by atoms with Gasteiger partial charge in [-0.15, -0.1) is 24.0 Å². The van der Waals surface area contributed by atoms with Crippen molar-refractivity contribution in [2.24, 2.45) is 4.99 Å². The van der Waals surface area contributed by atoms with E-state index >= 15 is 0 Å². The predicted octanol–water partition coefficient (Wildman–Crippen LogP) is 3.67. The highest BCUT2D eigenvalue weighted by molar-refractivity contribution is 14.0. The van der Waals surface area contributed by atoms with Crippen molar-refractivity contribution < 1.29 is 9.47 Å². The zero-order chi connectivity index (χ0) is 20.5. The lowest BCUT2D eigenvalue weighted by molar-refractivity contribution is 0.0505.